The van der Waals surface area contributed by atoms with Crippen molar-refractivity contribution in [2.75, 3.05) is 26.2 Å². The fraction of sp³-hybridized carbons (Fsp3) is 0.407. The monoisotopic (exact) mass is 463 g/mol. The van der Waals surface area contributed by atoms with E-state index in [0.717, 1.165) is 49.0 Å². The van der Waals surface area contributed by atoms with Crippen molar-refractivity contribution in [3.63, 3.8) is 0 Å². The van der Waals surface area contributed by atoms with Crippen LogP contribution in [0.4, 0.5) is 0 Å². The number of furan rings is 1. The van der Waals surface area contributed by atoms with Crippen LogP contribution in [-0.2, 0) is 0 Å². The van der Waals surface area contributed by atoms with Gasteiger partial charge in [0.1, 0.15) is 16.4 Å². The molecule has 0 saturated carbocycles. The molecule has 1 fully saturated rings. The van der Waals surface area contributed by atoms with Crippen LogP contribution in [0.25, 0.3) is 11.0 Å². The summed E-state index contributed by atoms with van der Waals surface area (Å²) in [5.41, 5.74) is 4.98. The van der Waals surface area contributed by atoms with Crippen LogP contribution in [0.15, 0.2) is 46.9 Å². The molecule has 1 aliphatic rings. The molecule has 6 heteroatoms. The number of likely N-dealkylation sites (tertiary alicyclic amines) is 1. The Kier molecular flexibility index (Phi) is 7.56. The van der Waals surface area contributed by atoms with Gasteiger partial charge in [-0.3, -0.25) is 10.8 Å². The first kappa shape index (κ1) is 23.6. The van der Waals surface area contributed by atoms with Crippen molar-refractivity contribution in [2.45, 2.75) is 46.0 Å². The number of piperidine rings is 1. The summed E-state index contributed by atoms with van der Waals surface area (Å²) in [6.07, 6.45) is 3.42. The lowest BCUT2D eigenvalue weighted by atomic mass is 9.88. The zero-order valence-electron chi connectivity index (χ0n) is 19.7. The molecule has 0 aliphatic carbocycles. The molecule has 0 spiro atoms. The van der Waals surface area contributed by atoms with E-state index in [2.05, 4.69) is 36.9 Å². The predicted octanol–water partition coefficient (Wildman–Crippen LogP) is 6.75. The SMILES string of the molecule is CC(=N)SC(=N)c1cc2c(OCCCN3CCC(c4ccc(C)c(C)c4)CC3)cccc2o1. The summed E-state index contributed by atoms with van der Waals surface area (Å²) in [6.45, 7) is 10.0. The number of rotatable bonds is 7. The molecule has 2 aromatic carbocycles. The number of aryl methyl sites for hydroxylation is 2. The summed E-state index contributed by atoms with van der Waals surface area (Å²) in [7, 11) is 0. The molecule has 1 aliphatic heterocycles. The van der Waals surface area contributed by atoms with Crippen LogP contribution in [0.2, 0.25) is 0 Å². The summed E-state index contributed by atoms with van der Waals surface area (Å²) in [5.74, 6) is 1.95. The third-order valence-corrected chi connectivity index (χ3v) is 7.18. The molecular formula is C27H33N3O2S. The maximum Gasteiger partial charge on any atom is 0.160 e. The lowest BCUT2D eigenvalue weighted by Gasteiger charge is -2.32. The van der Waals surface area contributed by atoms with Crippen LogP contribution in [0.1, 0.15) is 54.6 Å². The molecule has 33 heavy (non-hydrogen) atoms. The molecule has 174 valence electrons. The zero-order chi connectivity index (χ0) is 23.4. The highest BCUT2D eigenvalue weighted by Crippen LogP contribution is 2.31. The molecule has 0 amide bonds. The van der Waals surface area contributed by atoms with E-state index in [4.69, 9.17) is 20.0 Å². The number of ether oxygens (including phenoxy) is 1. The second-order valence-electron chi connectivity index (χ2n) is 8.93. The van der Waals surface area contributed by atoms with E-state index in [1.807, 2.05) is 24.3 Å². The predicted molar refractivity (Wildman–Crippen MR) is 138 cm³/mol. The number of hydrogen-bond donors (Lipinski definition) is 2. The molecular weight excluding hydrogens is 430 g/mol. The number of benzene rings is 2. The number of nitrogens with zero attached hydrogens (tertiary/aromatic N) is 1. The van der Waals surface area contributed by atoms with Crippen molar-refractivity contribution in [1.82, 2.24) is 4.90 Å². The maximum absolute atomic E-state index is 8.12. The van der Waals surface area contributed by atoms with Crippen molar-refractivity contribution in [3.05, 3.63) is 64.9 Å². The van der Waals surface area contributed by atoms with E-state index in [9.17, 15) is 0 Å². The van der Waals surface area contributed by atoms with Gasteiger partial charge < -0.3 is 14.1 Å². The summed E-state index contributed by atoms with van der Waals surface area (Å²) in [6, 6.07) is 14.6. The Morgan fingerprint density at radius 1 is 1.09 bits per heavy atom. The molecule has 2 N–H and O–H groups in total. The van der Waals surface area contributed by atoms with Crippen molar-refractivity contribution >= 4 is 32.8 Å². The Morgan fingerprint density at radius 3 is 2.61 bits per heavy atom. The molecule has 5 nitrogen and oxygen atoms in total. The van der Waals surface area contributed by atoms with Gasteiger partial charge in [0.05, 0.1) is 17.0 Å². The van der Waals surface area contributed by atoms with Gasteiger partial charge in [-0.25, -0.2) is 0 Å². The normalized spacial score (nSPS) is 15.1. The number of nitrogens with one attached hydrogen (secondary N) is 2. The average Bonchev–Trinajstić information content (AvgIpc) is 3.24. The van der Waals surface area contributed by atoms with Crippen molar-refractivity contribution < 1.29 is 9.15 Å². The molecule has 0 atom stereocenters. The van der Waals surface area contributed by atoms with Crippen LogP contribution >= 0.6 is 11.8 Å². The Morgan fingerprint density at radius 2 is 1.88 bits per heavy atom. The molecule has 4 rings (SSSR count). The summed E-state index contributed by atoms with van der Waals surface area (Å²) in [4.78, 5) is 2.55. The Labute approximate surface area is 200 Å². The molecule has 1 aromatic heterocycles. The van der Waals surface area contributed by atoms with Gasteiger partial charge >= 0.3 is 0 Å². The first-order chi connectivity index (χ1) is 15.9. The standard InChI is InChI=1S/C27H33N3O2S/c1-18-8-9-22(16-19(18)2)21-10-13-30(14-11-21)12-5-15-31-24-6-4-7-25-23(24)17-26(32-25)27(29)33-20(3)28/h4,6-9,16-17,21,28-29H,5,10-15H2,1-3H3. The van der Waals surface area contributed by atoms with Crippen molar-refractivity contribution in [2.24, 2.45) is 0 Å². The fourth-order valence-corrected chi connectivity index (χ4v) is 4.96. The molecule has 1 saturated heterocycles. The van der Waals surface area contributed by atoms with Crippen molar-refractivity contribution in [1.29, 1.82) is 10.8 Å². The number of thioether (sulfide) groups is 1. The van der Waals surface area contributed by atoms with E-state index >= 15 is 0 Å². The van der Waals surface area contributed by atoms with Gasteiger partial charge in [-0.05, 0) is 93.9 Å². The van der Waals surface area contributed by atoms with Gasteiger partial charge in [-0.15, -0.1) is 0 Å². The quantitative estimate of drug-likeness (QED) is 0.231. The van der Waals surface area contributed by atoms with E-state index in [-0.39, 0.29) is 5.04 Å². The minimum atomic E-state index is 0.244. The van der Waals surface area contributed by atoms with E-state index < -0.39 is 0 Å². The highest BCUT2D eigenvalue weighted by molar-refractivity contribution is 8.26. The fourth-order valence-electron chi connectivity index (χ4n) is 4.45. The van der Waals surface area contributed by atoms with E-state index in [1.54, 1.807) is 6.92 Å². The van der Waals surface area contributed by atoms with Crippen molar-refractivity contribution in [3.8, 4) is 5.75 Å². The summed E-state index contributed by atoms with van der Waals surface area (Å²) >= 11 is 1.09. The third-order valence-electron chi connectivity index (χ3n) is 6.47. The topological polar surface area (TPSA) is 73.3 Å². The largest absolute Gasteiger partial charge is 0.493 e. The molecule has 0 radical (unpaired) electrons. The summed E-state index contributed by atoms with van der Waals surface area (Å²) < 4.78 is 11.9. The third kappa shape index (κ3) is 5.87. The van der Waals surface area contributed by atoms with Crippen LogP contribution in [-0.4, -0.2) is 41.2 Å². The van der Waals surface area contributed by atoms with Crippen LogP contribution in [0.3, 0.4) is 0 Å². The first-order valence-electron chi connectivity index (χ1n) is 11.7. The molecule has 0 unspecified atom stereocenters. The van der Waals surface area contributed by atoms with Crippen LogP contribution in [0, 0.1) is 24.7 Å². The molecule has 2 heterocycles. The Bertz CT molecular complexity index is 1150. The Balaban J connectivity index is 1.25. The Hall–Kier alpha value is -2.57. The second-order valence-corrected chi connectivity index (χ2v) is 10.2. The number of fused-ring (bicyclic) bond motifs is 1. The zero-order valence-corrected chi connectivity index (χ0v) is 20.6. The molecule has 3 aromatic rings. The van der Waals surface area contributed by atoms with Gasteiger partial charge in [0, 0.05) is 6.54 Å². The molecule has 0 bridgehead atoms. The van der Waals surface area contributed by atoms with E-state index in [1.165, 1.54) is 29.5 Å². The minimum absolute atomic E-state index is 0.244. The minimum Gasteiger partial charge on any atom is -0.493 e. The second kappa shape index (κ2) is 10.6. The highest BCUT2D eigenvalue weighted by atomic mass is 32.2. The smallest absolute Gasteiger partial charge is 0.160 e. The van der Waals surface area contributed by atoms with Crippen LogP contribution < -0.4 is 4.74 Å². The maximum atomic E-state index is 8.12. The average molecular weight is 464 g/mol. The highest BCUT2D eigenvalue weighted by Gasteiger charge is 2.20. The van der Waals surface area contributed by atoms with E-state index in [0.29, 0.717) is 28.9 Å². The van der Waals surface area contributed by atoms with Gasteiger partial charge in [0.15, 0.2) is 5.76 Å². The lowest BCUT2D eigenvalue weighted by Crippen LogP contribution is -2.34. The first-order valence-corrected chi connectivity index (χ1v) is 12.5. The van der Waals surface area contributed by atoms with Crippen LogP contribution in [0.5, 0.6) is 5.75 Å². The van der Waals surface area contributed by atoms with Gasteiger partial charge in [-0.1, -0.05) is 36.0 Å². The lowest BCUT2D eigenvalue weighted by molar-refractivity contribution is 0.193. The number of hydrogen-bond acceptors (Lipinski definition) is 6. The van der Waals surface area contributed by atoms with Gasteiger partial charge in [-0.2, -0.15) is 0 Å². The summed E-state index contributed by atoms with van der Waals surface area (Å²) in [5, 5.41) is 17.2. The van der Waals surface area contributed by atoms with Gasteiger partial charge in [0.2, 0.25) is 0 Å². The van der Waals surface area contributed by atoms with Gasteiger partial charge in [0.25, 0.3) is 0 Å².